The number of amides is 1. The van der Waals surface area contributed by atoms with Crippen molar-refractivity contribution in [1.29, 1.82) is 0 Å². The van der Waals surface area contributed by atoms with E-state index in [4.69, 9.17) is 0 Å². The van der Waals surface area contributed by atoms with E-state index in [-0.39, 0.29) is 10.8 Å². The summed E-state index contributed by atoms with van der Waals surface area (Å²) in [6.07, 6.45) is 0. The minimum atomic E-state index is -3.75. The molecule has 178 valence electrons. The fourth-order valence-corrected chi connectivity index (χ4v) is 4.95. The van der Waals surface area contributed by atoms with Crippen LogP contribution in [0.1, 0.15) is 21.5 Å². The molecule has 3 aromatic rings. The van der Waals surface area contributed by atoms with Crippen molar-refractivity contribution in [2.75, 3.05) is 48.2 Å². The topological polar surface area (TPSA) is 81.7 Å². The lowest BCUT2D eigenvalue weighted by atomic mass is 10.1. The molecule has 4 rings (SSSR count). The molecule has 8 heteroatoms. The summed E-state index contributed by atoms with van der Waals surface area (Å²) in [6.45, 7) is 7.89. The number of rotatable bonds is 6. The van der Waals surface area contributed by atoms with E-state index in [1.807, 2.05) is 26.0 Å². The number of benzene rings is 3. The van der Waals surface area contributed by atoms with E-state index in [1.165, 1.54) is 6.07 Å². The number of carbonyl (C=O) groups is 1. The fourth-order valence-electron chi connectivity index (χ4n) is 3.90. The van der Waals surface area contributed by atoms with E-state index >= 15 is 0 Å². The van der Waals surface area contributed by atoms with Crippen LogP contribution in [0.3, 0.4) is 0 Å². The first-order valence-electron chi connectivity index (χ1n) is 11.3. The second-order valence-electron chi connectivity index (χ2n) is 8.74. The van der Waals surface area contributed by atoms with Crippen molar-refractivity contribution in [3.8, 4) is 0 Å². The van der Waals surface area contributed by atoms with Gasteiger partial charge >= 0.3 is 0 Å². The van der Waals surface area contributed by atoms with E-state index in [2.05, 4.69) is 33.0 Å². The van der Waals surface area contributed by atoms with Gasteiger partial charge in [0.1, 0.15) is 0 Å². The molecule has 7 nitrogen and oxygen atoms in total. The average Bonchev–Trinajstić information content (AvgIpc) is 2.81. The van der Waals surface area contributed by atoms with E-state index in [0.29, 0.717) is 11.3 Å². The Morgan fingerprint density at radius 1 is 0.882 bits per heavy atom. The Balaban J connectivity index is 1.45. The highest BCUT2D eigenvalue weighted by atomic mass is 32.2. The molecule has 1 amide bonds. The van der Waals surface area contributed by atoms with Crippen LogP contribution in [0.15, 0.2) is 71.6 Å². The zero-order chi connectivity index (χ0) is 24.3. The van der Waals surface area contributed by atoms with Gasteiger partial charge < -0.3 is 15.1 Å². The molecule has 0 aliphatic carbocycles. The second kappa shape index (κ2) is 9.87. The number of sulfonamides is 1. The third-order valence-corrected chi connectivity index (χ3v) is 7.43. The van der Waals surface area contributed by atoms with Gasteiger partial charge in [-0.1, -0.05) is 23.8 Å². The van der Waals surface area contributed by atoms with Crippen LogP contribution in [-0.2, 0) is 10.0 Å². The van der Waals surface area contributed by atoms with Crippen LogP contribution in [0.4, 0.5) is 17.1 Å². The number of anilines is 3. The van der Waals surface area contributed by atoms with Crippen LogP contribution in [-0.4, -0.2) is 52.5 Å². The SMILES string of the molecule is Cc1ccc(S(=O)(=O)Nc2cccc(C(=O)Nc3ccc(N4CCN(C)CC4)cc3C)c2)cc1. The molecule has 3 aromatic carbocycles. The lowest BCUT2D eigenvalue weighted by Gasteiger charge is -2.34. The molecule has 1 aliphatic rings. The van der Waals surface area contributed by atoms with Crippen LogP contribution >= 0.6 is 0 Å². The summed E-state index contributed by atoms with van der Waals surface area (Å²) in [5, 5.41) is 2.95. The molecule has 34 heavy (non-hydrogen) atoms. The molecule has 0 atom stereocenters. The first kappa shape index (κ1) is 23.8. The number of aryl methyl sites for hydroxylation is 2. The monoisotopic (exact) mass is 478 g/mol. The number of likely N-dealkylation sites (N-methyl/N-ethyl adjacent to an activating group) is 1. The van der Waals surface area contributed by atoms with Crippen molar-refractivity contribution >= 4 is 33.0 Å². The van der Waals surface area contributed by atoms with E-state index in [1.54, 1.807) is 42.5 Å². The maximum absolute atomic E-state index is 12.9. The summed E-state index contributed by atoms with van der Waals surface area (Å²) in [6, 6.07) is 19.1. The van der Waals surface area contributed by atoms with Gasteiger partial charge in [-0.2, -0.15) is 0 Å². The van der Waals surface area contributed by atoms with E-state index in [9.17, 15) is 13.2 Å². The van der Waals surface area contributed by atoms with Crippen molar-refractivity contribution < 1.29 is 13.2 Å². The maximum Gasteiger partial charge on any atom is 0.261 e. The molecule has 1 heterocycles. The van der Waals surface area contributed by atoms with Gasteiger partial charge in [-0.25, -0.2) is 8.42 Å². The standard InChI is InChI=1S/C26H30N4O3S/c1-19-7-10-24(11-8-19)34(32,33)28-22-6-4-5-21(18-22)26(31)27-25-12-9-23(17-20(25)2)30-15-13-29(3)14-16-30/h4-12,17-18,28H,13-16H2,1-3H3,(H,27,31). The molecule has 0 aromatic heterocycles. The third kappa shape index (κ3) is 5.58. The Kier molecular flexibility index (Phi) is 6.90. The molecule has 0 bridgehead atoms. The Bertz CT molecular complexity index is 1280. The summed E-state index contributed by atoms with van der Waals surface area (Å²) >= 11 is 0. The van der Waals surface area contributed by atoms with Crippen molar-refractivity contribution in [2.24, 2.45) is 0 Å². The molecular weight excluding hydrogens is 448 g/mol. The van der Waals surface area contributed by atoms with Crippen LogP contribution in [0.5, 0.6) is 0 Å². The first-order valence-corrected chi connectivity index (χ1v) is 12.7. The Hall–Kier alpha value is -3.36. The van der Waals surface area contributed by atoms with Gasteiger partial charge in [0, 0.05) is 48.8 Å². The van der Waals surface area contributed by atoms with E-state index < -0.39 is 10.0 Å². The second-order valence-corrected chi connectivity index (χ2v) is 10.4. The average molecular weight is 479 g/mol. The fraction of sp³-hybridized carbons (Fsp3) is 0.269. The Labute approximate surface area is 201 Å². The van der Waals surface area contributed by atoms with E-state index in [0.717, 1.165) is 48.7 Å². The van der Waals surface area contributed by atoms with Gasteiger partial charge in [0.2, 0.25) is 0 Å². The van der Waals surface area contributed by atoms with Gasteiger partial charge in [0.05, 0.1) is 4.90 Å². The van der Waals surface area contributed by atoms with Crippen LogP contribution < -0.4 is 14.9 Å². The van der Waals surface area contributed by atoms with Crippen molar-refractivity contribution in [1.82, 2.24) is 4.90 Å². The predicted molar refractivity (Wildman–Crippen MR) is 137 cm³/mol. The number of piperazine rings is 1. The highest BCUT2D eigenvalue weighted by Crippen LogP contribution is 2.25. The summed E-state index contributed by atoms with van der Waals surface area (Å²) < 4.78 is 27.9. The van der Waals surface area contributed by atoms with Gasteiger partial charge in [-0.15, -0.1) is 0 Å². The van der Waals surface area contributed by atoms with Gasteiger partial charge in [-0.05, 0) is 75.0 Å². The molecule has 2 N–H and O–H groups in total. The molecule has 1 fully saturated rings. The number of hydrogen-bond acceptors (Lipinski definition) is 5. The lowest BCUT2D eigenvalue weighted by molar-refractivity contribution is 0.102. The van der Waals surface area contributed by atoms with Crippen LogP contribution in [0, 0.1) is 13.8 Å². The highest BCUT2D eigenvalue weighted by molar-refractivity contribution is 7.92. The number of nitrogens with one attached hydrogen (secondary N) is 2. The quantitative estimate of drug-likeness (QED) is 0.557. The molecule has 0 unspecified atom stereocenters. The number of nitrogens with zero attached hydrogens (tertiary/aromatic N) is 2. The molecular formula is C26H30N4O3S. The molecule has 1 aliphatic heterocycles. The van der Waals surface area contributed by atoms with Gasteiger partial charge in [0.25, 0.3) is 15.9 Å². The lowest BCUT2D eigenvalue weighted by Crippen LogP contribution is -2.44. The first-order chi connectivity index (χ1) is 16.2. The largest absolute Gasteiger partial charge is 0.369 e. The van der Waals surface area contributed by atoms with Crippen molar-refractivity contribution in [3.05, 3.63) is 83.4 Å². The smallest absolute Gasteiger partial charge is 0.261 e. The van der Waals surface area contributed by atoms with Crippen molar-refractivity contribution in [2.45, 2.75) is 18.7 Å². The zero-order valence-corrected chi connectivity index (χ0v) is 20.5. The molecule has 0 radical (unpaired) electrons. The summed E-state index contributed by atoms with van der Waals surface area (Å²) in [5.74, 6) is -0.299. The van der Waals surface area contributed by atoms with Gasteiger partial charge in [-0.3, -0.25) is 9.52 Å². The maximum atomic E-state index is 12.9. The molecule has 0 saturated carbocycles. The zero-order valence-electron chi connectivity index (χ0n) is 19.7. The summed E-state index contributed by atoms with van der Waals surface area (Å²) in [4.78, 5) is 17.7. The Morgan fingerprint density at radius 3 is 2.26 bits per heavy atom. The third-order valence-electron chi connectivity index (χ3n) is 6.03. The van der Waals surface area contributed by atoms with Gasteiger partial charge in [0.15, 0.2) is 0 Å². The molecule has 0 spiro atoms. The summed E-state index contributed by atoms with van der Waals surface area (Å²) in [7, 11) is -1.62. The highest BCUT2D eigenvalue weighted by Gasteiger charge is 2.17. The normalized spacial score (nSPS) is 14.6. The Morgan fingerprint density at radius 2 is 1.59 bits per heavy atom. The van der Waals surface area contributed by atoms with Crippen LogP contribution in [0.2, 0.25) is 0 Å². The number of hydrogen-bond donors (Lipinski definition) is 2. The minimum Gasteiger partial charge on any atom is -0.369 e. The minimum absolute atomic E-state index is 0.170. The molecule has 1 saturated heterocycles. The van der Waals surface area contributed by atoms with Crippen molar-refractivity contribution in [3.63, 3.8) is 0 Å². The summed E-state index contributed by atoms with van der Waals surface area (Å²) in [5.41, 5.74) is 4.53. The number of carbonyl (C=O) groups excluding carboxylic acids is 1. The predicted octanol–water partition coefficient (Wildman–Crippen LogP) is 4.11. The van der Waals surface area contributed by atoms with Crippen LogP contribution in [0.25, 0.3) is 0 Å².